The molecule has 0 bridgehead atoms. The van der Waals surface area contributed by atoms with Gasteiger partial charge < -0.3 is 14.8 Å². The standard InChI is InChI=1S/C17H13ClF3NO3/c1-24-13-7-2-4-10(16(13)25-17(20)21)8-9-14(23)22-12-6-3-5-11(18)15(12)19/h2-9,17H,1H3,(H,22,23)/b9-8+. The molecule has 0 aliphatic carbocycles. The Balaban J connectivity index is 2.21. The van der Waals surface area contributed by atoms with E-state index in [0.717, 1.165) is 6.08 Å². The summed E-state index contributed by atoms with van der Waals surface area (Å²) >= 11 is 5.63. The zero-order valence-corrected chi connectivity index (χ0v) is 13.7. The van der Waals surface area contributed by atoms with E-state index in [2.05, 4.69) is 10.1 Å². The maximum absolute atomic E-state index is 13.7. The predicted octanol–water partition coefficient (Wildman–Crippen LogP) is 4.74. The maximum atomic E-state index is 13.7. The minimum atomic E-state index is -3.06. The number of amides is 1. The lowest BCUT2D eigenvalue weighted by Gasteiger charge is -2.12. The van der Waals surface area contributed by atoms with Crippen molar-refractivity contribution in [2.24, 2.45) is 0 Å². The van der Waals surface area contributed by atoms with Crippen LogP contribution in [0.15, 0.2) is 42.5 Å². The van der Waals surface area contributed by atoms with Crippen molar-refractivity contribution in [3.63, 3.8) is 0 Å². The Hall–Kier alpha value is -2.67. The van der Waals surface area contributed by atoms with Gasteiger partial charge in [0, 0.05) is 11.6 Å². The molecule has 0 saturated heterocycles. The molecule has 2 rings (SSSR count). The Morgan fingerprint density at radius 2 is 1.96 bits per heavy atom. The van der Waals surface area contributed by atoms with Gasteiger partial charge in [-0.1, -0.05) is 29.8 Å². The molecule has 0 unspecified atom stereocenters. The quantitative estimate of drug-likeness (QED) is 0.746. The summed E-state index contributed by atoms with van der Waals surface area (Å²) in [6.07, 6.45) is 2.30. The zero-order valence-electron chi connectivity index (χ0n) is 12.9. The van der Waals surface area contributed by atoms with E-state index >= 15 is 0 Å². The first-order valence-corrected chi connectivity index (χ1v) is 7.35. The molecule has 0 aliphatic heterocycles. The molecule has 0 aromatic heterocycles. The zero-order chi connectivity index (χ0) is 18.4. The van der Waals surface area contributed by atoms with Crippen molar-refractivity contribution in [1.29, 1.82) is 0 Å². The van der Waals surface area contributed by atoms with Crippen LogP contribution in [0.2, 0.25) is 5.02 Å². The van der Waals surface area contributed by atoms with Crippen LogP contribution in [-0.2, 0) is 4.79 Å². The molecule has 1 amide bonds. The average Bonchev–Trinajstić information content (AvgIpc) is 2.57. The number of hydrogen-bond acceptors (Lipinski definition) is 3. The Kier molecular flexibility index (Phi) is 6.30. The highest BCUT2D eigenvalue weighted by Crippen LogP contribution is 2.33. The van der Waals surface area contributed by atoms with E-state index in [0.29, 0.717) is 0 Å². The Morgan fingerprint density at radius 3 is 2.64 bits per heavy atom. The normalized spacial score (nSPS) is 11.0. The van der Waals surface area contributed by atoms with Gasteiger partial charge in [-0.15, -0.1) is 0 Å². The van der Waals surface area contributed by atoms with Gasteiger partial charge in [0.05, 0.1) is 17.8 Å². The minimum Gasteiger partial charge on any atom is -0.493 e. The number of anilines is 1. The highest BCUT2D eigenvalue weighted by molar-refractivity contribution is 6.31. The Bertz CT molecular complexity index is 797. The van der Waals surface area contributed by atoms with Crippen LogP contribution in [0.1, 0.15) is 5.56 Å². The largest absolute Gasteiger partial charge is 0.493 e. The van der Waals surface area contributed by atoms with Crippen molar-refractivity contribution in [3.05, 3.63) is 58.9 Å². The average molecular weight is 372 g/mol. The summed E-state index contributed by atoms with van der Waals surface area (Å²) in [5, 5.41) is 2.17. The predicted molar refractivity (Wildman–Crippen MR) is 88.7 cm³/mol. The van der Waals surface area contributed by atoms with Crippen molar-refractivity contribution in [3.8, 4) is 11.5 Å². The number of para-hydroxylation sites is 1. The van der Waals surface area contributed by atoms with Crippen molar-refractivity contribution in [1.82, 2.24) is 0 Å². The van der Waals surface area contributed by atoms with Gasteiger partial charge in [-0.05, 0) is 24.3 Å². The lowest BCUT2D eigenvalue weighted by molar-refractivity contribution is -0.111. The smallest absolute Gasteiger partial charge is 0.387 e. The van der Waals surface area contributed by atoms with E-state index in [-0.39, 0.29) is 27.8 Å². The van der Waals surface area contributed by atoms with Crippen LogP contribution in [-0.4, -0.2) is 19.6 Å². The maximum Gasteiger partial charge on any atom is 0.387 e. The van der Waals surface area contributed by atoms with E-state index < -0.39 is 18.3 Å². The van der Waals surface area contributed by atoms with Crippen molar-refractivity contribution < 1.29 is 27.4 Å². The third kappa shape index (κ3) is 4.90. The summed E-state index contributed by atoms with van der Waals surface area (Å²) < 4.78 is 48.2. The number of methoxy groups -OCH3 is 1. The van der Waals surface area contributed by atoms with Gasteiger partial charge >= 0.3 is 6.61 Å². The van der Waals surface area contributed by atoms with Crippen LogP contribution in [0.4, 0.5) is 18.9 Å². The SMILES string of the molecule is COc1cccc(/C=C/C(=O)Nc2cccc(Cl)c2F)c1OC(F)F. The van der Waals surface area contributed by atoms with Gasteiger partial charge in [0.2, 0.25) is 5.91 Å². The lowest BCUT2D eigenvalue weighted by atomic mass is 10.1. The Morgan fingerprint density at radius 1 is 1.24 bits per heavy atom. The number of ether oxygens (including phenoxy) is 2. The molecule has 0 atom stereocenters. The highest BCUT2D eigenvalue weighted by atomic mass is 35.5. The first-order valence-electron chi connectivity index (χ1n) is 6.97. The molecule has 1 N–H and O–H groups in total. The number of carbonyl (C=O) groups is 1. The first-order chi connectivity index (χ1) is 11.9. The number of hydrogen-bond donors (Lipinski definition) is 1. The second-order valence-electron chi connectivity index (χ2n) is 4.68. The molecule has 0 aliphatic rings. The molecule has 4 nitrogen and oxygen atoms in total. The summed E-state index contributed by atoms with van der Waals surface area (Å²) in [4.78, 5) is 11.9. The monoisotopic (exact) mass is 371 g/mol. The van der Waals surface area contributed by atoms with Gasteiger partial charge in [0.25, 0.3) is 0 Å². The van der Waals surface area contributed by atoms with Gasteiger partial charge in [-0.2, -0.15) is 8.78 Å². The van der Waals surface area contributed by atoms with E-state index in [1.54, 1.807) is 6.07 Å². The second kappa shape index (κ2) is 8.43. The molecular weight excluding hydrogens is 359 g/mol. The molecule has 0 radical (unpaired) electrons. The van der Waals surface area contributed by atoms with Crippen LogP contribution in [0.25, 0.3) is 6.08 Å². The molecule has 25 heavy (non-hydrogen) atoms. The second-order valence-corrected chi connectivity index (χ2v) is 5.09. The number of carbonyl (C=O) groups excluding carboxylic acids is 1. The summed E-state index contributed by atoms with van der Waals surface area (Å²) in [7, 11) is 1.30. The number of halogens is 4. The molecule has 0 spiro atoms. The summed E-state index contributed by atoms with van der Waals surface area (Å²) in [5.74, 6) is -1.57. The van der Waals surface area contributed by atoms with Crippen LogP contribution in [0.3, 0.4) is 0 Å². The fourth-order valence-corrected chi connectivity index (χ4v) is 2.15. The number of benzene rings is 2. The van der Waals surface area contributed by atoms with Crippen LogP contribution in [0, 0.1) is 5.82 Å². The molecule has 2 aromatic rings. The van der Waals surface area contributed by atoms with E-state index in [4.69, 9.17) is 16.3 Å². The fraction of sp³-hybridized carbons (Fsp3) is 0.118. The Labute approximate surface area is 146 Å². The number of nitrogens with one attached hydrogen (secondary N) is 1. The lowest BCUT2D eigenvalue weighted by Crippen LogP contribution is -2.09. The van der Waals surface area contributed by atoms with Crippen LogP contribution < -0.4 is 14.8 Å². The molecule has 0 heterocycles. The summed E-state index contributed by atoms with van der Waals surface area (Å²) in [6.45, 7) is -3.06. The highest BCUT2D eigenvalue weighted by Gasteiger charge is 2.14. The van der Waals surface area contributed by atoms with Gasteiger partial charge in [-0.25, -0.2) is 4.39 Å². The topological polar surface area (TPSA) is 47.6 Å². The van der Waals surface area contributed by atoms with E-state index in [1.165, 1.54) is 43.5 Å². The molecule has 2 aromatic carbocycles. The third-order valence-electron chi connectivity index (χ3n) is 3.06. The molecule has 0 saturated carbocycles. The number of rotatable bonds is 6. The summed E-state index contributed by atoms with van der Waals surface area (Å²) in [5.41, 5.74) is 0.0956. The molecule has 8 heteroatoms. The van der Waals surface area contributed by atoms with E-state index in [9.17, 15) is 18.0 Å². The van der Waals surface area contributed by atoms with Gasteiger partial charge in [0.1, 0.15) is 0 Å². The third-order valence-corrected chi connectivity index (χ3v) is 3.35. The van der Waals surface area contributed by atoms with Crippen LogP contribution >= 0.6 is 11.6 Å². The number of alkyl halides is 2. The van der Waals surface area contributed by atoms with E-state index in [1.807, 2.05) is 0 Å². The fourth-order valence-electron chi connectivity index (χ4n) is 1.98. The minimum absolute atomic E-state index is 0.0868. The van der Waals surface area contributed by atoms with Crippen LogP contribution in [0.5, 0.6) is 11.5 Å². The van der Waals surface area contributed by atoms with Gasteiger partial charge in [-0.3, -0.25) is 4.79 Å². The molecular formula is C17H13ClF3NO3. The summed E-state index contributed by atoms with van der Waals surface area (Å²) in [6, 6.07) is 8.60. The first kappa shape index (κ1) is 18.7. The van der Waals surface area contributed by atoms with Crippen molar-refractivity contribution in [2.45, 2.75) is 6.61 Å². The van der Waals surface area contributed by atoms with Crippen molar-refractivity contribution >= 4 is 29.3 Å². The molecule has 132 valence electrons. The molecule has 0 fully saturated rings. The van der Waals surface area contributed by atoms with Gasteiger partial charge in [0.15, 0.2) is 17.3 Å². The van der Waals surface area contributed by atoms with Crippen molar-refractivity contribution in [2.75, 3.05) is 12.4 Å².